The summed E-state index contributed by atoms with van der Waals surface area (Å²) in [7, 11) is 0. The predicted octanol–water partition coefficient (Wildman–Crippen LogP) is 2.06. The Morgan fingerprint density at radius 1 is 1.47 bits per heavy atom. The Balaban J connectivity index is 3.20. The minimum Gasteiger partial charge on any atom is -0.465 e. The highest BCUT2D eigenvalue weighted by atomic mass is 32.2. The Bertz CT molecular complexity index is 165. The second-order valence-electron chi connectivity index (χ2n) is 3.46. The van der Waals surface area contributed by atoms with E-state index in [1.807, 2.05) is 6.92 Å². The van der Waals surface area contributed by atoms with Crippen LogP contribution in [0.3, 0.4) is 0 Å². The SMILES string of the molecule is CCNC(C)CCCSCC(=O)OCC. The maximum absolute atomic E-state index is 11.0. The highest BCUT2D eigenvalue weighted by Gasteiger charge is 2.02. The number of nitrogens with one attached hydrogen (secondary N) is 1. The first-order valence-electron chi connectivity index (χ1n) is 5.67. The molecule has 0 fully saturated rings. The molecule has 0 aromatic heterocycles. The van der Waals surface area contributed by atoms with Crippen LogP contribution in [0.4, 0.5) is 0 Å². The molecule has 1 unspecified atom stereocenters. The van der Waals surface area contributed by atoms with Gasteiger partial charge in [0.05, 0.1) is 12.4 Å². The lowest BCUT2D eigenvalue weighted by atomic mass is 10.2. The van der Waals surface area contributed by atoms with Gasteiger partial charge in [-0.15, -0.1) is 0 Å². The number of carbonyl (C=O) groups is 1. The molecule has 0 amide bonds. The topological polar surface area (TPSA) is 38.3 Å². The lowest BCUT2D eigenvalue weighted by Crippen LogP contribution is -2.25. The van der Waals surface area contributed by atoms with E-state index in [0.717, 1.165) is 18.7 Å². The molecule has 0 saturated carbocycles. The summed E-state index contributed by atoms with van der Waals surface area (Å²) in [6.07, 6.45) is 2.32. The Labute approximate surface area is 97.3 Å². The minimum atomic E-state index is -0.0952. The van der Waals surface area contributed by atoms with Gasteiger partial charge >= 0.3 is 5.97 Å². The number of esters is 1. The van der Waals surface area contributed by atoms with Gasteiger partial charge in [-0.25, -0.2) is 0 Å². The van der Waals surface area contributed by atoms with Crippen LogP contribution in [-0.2, 0) is 9.53 Å². The van der Waals surface area contributed by atoms with E-state index in [9.17, 15) is 4.79 Å². The fourth-order valence-electron chi connectivity index (χ4n) is 1.30. The predicted molar refractivity (Wildman–Crippen MR) is 66.3 cm³/mol. The molecular weight excluding hydrogens is 210 g/mol. The Morgan fingerprint density at radius 2 is 2.20 bits per heavy atom. The fraction of sp³-hybridized carbons (Fsp3) is 0.909. The van der Waals surface area contributed by atoms with Crippen molar-refractivity contribution in [2.45, 2.75) is 39.7 Å². The molecule has 15 heavy (non-hydrogen) atoms. The molecule has 0 aromatic carbocycles. The average molecular weight is 233 g/mol. The van der Waals surface area contributed by atoms with Crippen molar-refractivity contribution in [3.63, 3.8) is 0 Å². The second-order valence-corrected chi connectivity index (χ2v) is 4.56. The first-order valence-corrected chi connectivity index (χ1v) is 6.82. The zero-order valence-electron chi connectivity index (χ0n) is 10.0. The fourth-order valence-corrected chi connectivity index (χ4v) is 2.07. The summed E-state index contributed by atoms with van der Waals surface area (Å²) in [5.74, 6) is 1.43. The quantitative estimate of drug-likeness (QED) is 0.489. The van der Waals surface area contributed by atoms with Crippen LogP contribution in [0.2, 0.25) is 0 Å². The van der Waals surface area contributed by atoms with Gasteiger partial charge in [-0.05, 0) is 39.0 Å². The molecule has 1 atom stereocenters. The first kappa shape index (κ1) is 14.8. The van der Waals surface area contributed by atoms with Gasteiger partial charge in [0.2, 0.25) is 0 Å². The molecule has 0 rings (SSSR count). The summed E-state index contributed by atoms with van der Waals surface area (Å²) in [5, 5.41) is 3.36. The monoisotopic (exact) mass is 233 g/mol. The normalized spacial score (nSPS) is 12.5. The molecule has 0 heterocycles. The number of rotatable bonds is 9. The van der Waals surface area contributed by atoms with E-state index < -0.39 is 0 Å². The zero-order chi connectivity index (χ0) is 11.5. The van der Waals surface area contributed by atoms with Gasteiger partial charge in [0, 0.05) is 6.04 Å². The summed E-state index contributed by atoms with van der Waals surface area (Å²) in [6, 6.07) is 0.582. The molecule has 0 saturated heterocycles. The average Bonchev–Trinajstić information content (AvgIpc) is 2.18. The molecule has 0 aliphatic carbocycles. The number of thioether (sulfide) groups is 1. The maximum atomic E-state index is 11.0. The molecule has 3 nitrogen and oxygen atoms in total. The summed E-state index contributed by atoms with van der Waals surface area (Å²) in [4.78, 5) is 11.0. The third-order valence-corrected chi connectivity index (χ3v) is 3.02. The Hall–Kier alpha value is -0.220. The van der Waals surface area contributed by atoms with Gasteiger partial charge < -0.3 is 10.1 Å². The molecule has 0 aliphatic heterocycles. The summed E-state index contributed by atoms with van der Waals surface area (Å²) >= 11 is 1.66. The van der Waals surface area contributed by atoms with Crippen LogP contribution in [0.1, 0.15) is 33.6 Å². The molecular formula is C11H23NO2S. The van der Waals surface area contributed by atoms with Crippen LogP contribution >= 0.6 is 11.8 Å². The van der Waals surface area contributed by atoms with E-state index in [1.165, 1.54) is 6.42 Å². The van der Waals surface area contributed by atoms with E-state index in [4.69, 9.17) is 4.74 Å². The van der Waals surface area contributed by atoms with E-state index in [2.05, 4.69) is 19.2 Å². The van der Waals surface area contributed by atoms with Crippen LogP contribution in [0, 0.1) is 0 Å². The highest BCUT2D eigenvalue weighted by molar-refractivity contribution is 7.99. The first-order chi connectivity index (χ1) is 7.20. The van der Waals surface area contributed by atoms with Crippen molar-refractivity contribution in [3.8, 4) is 0 Å². The van der Waals surface area contributed by atoms with Crippen molar-refractivity contribution in [1.82, 2.24) is 5.32 Å². The smallest absolute Gasteiger partial charge is 0.315 e. The zero-order valence-corrected chi connectivity index (χ0v) is 10.9. The van der Waals surface area contributed by atoms with Gasteiger partial charge in [-0.1, -0.05) is 6.92 Å². The van der Waals surface area contributed by atoms with Crippen LogP contribution in [0.15, 0.2) is 0 Å². The third-order valence-electron chi connectivity index (χ3n) is 2.00. The molecule has 0 bridgehead atoms. The van der Waals surface area contributed by atoms with E-state index in [0.29, 0.717) is 18.4 Å². The van der Waals surface area contributed by atoms with E-state index in [1.54, 1.807) is 11.8 Å². The van der Waals surface area contributed by atoms with Crippen molar-refractivity contribution in [3.05, 3.63) is 0 Å². The molecule has 0 aliphatic rings. The minimum absolute atomic E-state index is 0.0952. The standard InChI is InChI=1S/C11H23NO2S/c1-4-12-10(3)7-6-8-15-9-11(13)14-5-2/h10,12H,4-9H2,1-3H3. The molecule has 90 valence electrons. The van der Waals surface area contributed by atoms with Crippen LogP contribution < -0.4 is 5.32 Å². The Morgan fingerprint density at radius 3 is 2.80 bits per heavy atom. The van der Waals surface area contributed by atoms with Gasteiger partial charge in [0.25, 0.3) is 0 Å². The lowest BCUT2D eigenvalue weighted by molar-refractivity contribution is -0.139. The van der Waals surface area contributed by atoms with Gasteiger partial charge in [-0.3, -0.25) is 4.79 Å². The van der Waals surface area contributed by atoms with Gasteiger partial charge in [-0.2, -0.15) is 11.8 Å². The Kier molecular flexibility index (Phi) is 10.2. The van der Waals surface area contributed by atoms with E-state index >= 15 is 0 Å². The third kappa shape index (κ3) is 10.1. The molecule has 4 heteroatoms. The lowest BCUT2D eigenvalue weighted by Gasteiger charge is -2.11. The van der Waals surface area contributed by atoms with Gasteiger partial charge in [0.15, 0.2) is 0 Å². The van der Waals surface area contributed by atoms with Gasteiger partial charge in [0.1, 0.15) is 0 Å². The molecule has 1 N–H and O–H groups in total. The summed E-state index contributed by atoms with van der Waals surface area (Å²) in [6.45, 7) is 7.65. The highest BCUT2D eigenvalue weighted by Crippen LogP contribution is 2.06. The van der Waals surface area contributed by atoms with Crippen LogP contribution in [-0.4, -0.2) is 36.7 Å². The molecule has 0 radical (unpaired) electrons. The van der Waals surface area contributed by atoms with Crippen molar-refractivity contribution >= 4 is 17.7 Å². The van der Waals surface area contributed by atoms with E-state index in [-0.39, 0.29) is 5.97 Å². The maximum Gasteiger partial charge on any atom is 0.315 e. The van der Waals surface area contributed by atoms with Crippen LogP contribution in [0.5, 0.6) is 0 Å². The summed E-state index contributed by atoms with van der Waals surface area (Å²) < 4.78 is 4.84. The number of hydrogen-bond acceptors (Lipinski definition) is 4. The van der Waals surface area contributed by atoms with Crippen molar-refractivity contribution in [1.29, 1.82) is 0 Å². The summed E-state index contributed by atoms with van der Waals surface area (Å²) in [5.41, 5.74) is 0. The number of ether oxygens (including phenoxy) is 1. The van der Waals surface area contributed by atoms with Crippen LogP contribution in [0.25, 0.3) is 0 Å². The molecule has 0 spiro atoms. The van der Waals surface area contributed by atoms with Crippen molar-refractivity contribution < 1.29 is 9.53 Å². The number of hydrogen-bond donors (Lipinski definition) is 1. The van der Waals surface area contributed by atoms with Crippen molar-refractivity contribution in [2.24, 2.45) is 0 Å². The number of carbonyl (C=O) groups excluding carboxylic acids is 1. The second kappa shape index (κ2) is 10.3. The molecule has 0 aromatic rings. The van der Waals surface area contributed by atoms with Crippen molar-refractivity contribution in [2.75, 3.05) is 24.7 Å². The largest absolute Gasteiger partial charge is 0.465 e.